The molecule has 9 heteroatoms. The van der Waals surface area contributed by atoms with Crippen LogP contribution < -0.4 is 5.32 Å². The minimum atomic E-state index is -0.578. The van der Waals surface area contributed by atoms with E-state index >= 15 is 0 Å². The third-order valence-corrected chi connectivity index (χ3v) is 4.45. The molecule has 0 saturated heterocycles. The molecule has 0 spiro atoms. The quantitative estimate of drug-likeness (QED) is 0.529. The predicted molar refractivity (Wildman–Crippen MR) is 103 cm³/mol. The summed E-state index contributed by atoms with van der Waals surface area (Å²) in [5.74, 6) is 0.585. The number of rotatable bonds is 7. The smallest absolute Gasteiger partial charge is 0.222 e. The van der Waals surface area contributed by atoms with E-state index in [9.17, 15) is 5.26 Å². The van der Waals surface area contributed by atoms with Gasteiger partial charge in [-0.1, -0.05) is 12.1 Å². The van der Waals surface area contributed by atoms with E-state index in [4.69, 9.17) is 4.98 Å². The fraction of sp³-hybridized carbons (Fsp3) is 0.263. The van der Waals surface area contributed by atoms with Crippen molar-refractivity contribution in [3.05, 3.63) is 60.7 Å². The van der Waals surface area contributed by atoms with Gasteiger partial charge in [-0.05, 0) is 25.1 Å². The van der Waals surface area contributed by atoms with E-state index < -0.39 is 5.92 Å². The molecule has 0 aliphatic heterocycles. The molecule has 4 rings (SSSR count). The van der Waals surface area contributed by atoms with E-state index in [0.29, 0.717) is 30.6 Å². The minimum Gasteiger partial charge on any atom is -0.352 e. The number of fused-ring (bicyclic) bond motifs is 1. The Morgan fingerprint density at radius 3 is 2.89 bits per heavy atom. The van der Waals surface area contributed by atoms with Crippen LogP contribution >= 0.6 is 0 Å². The summed E-state index contributed by atoms with van der Waals surface area (Å²) in [5.41, 5.74) is 2.51. The van der Waals surface area contributed by atoms with Gasteiger partial charge in [0.15, 0.2) is 0 Å². The van der Waals surface area contributed by atoms with Crippen LogP contribution in [0.5, 0.6) is 0 Å². The molecular weight excluding hydrogens is 354 g/mol. The zero-order valence-electron chi connectivity index (χ0n) is 15.4. The first-order valence-electron chi connectivity index (χ1n) is 9.04. The van der Waals surface area contributed by atoms with Crippen molar-refractivity contribution in [2.45, 2.75) is 25.9 Å². The van der Waals surface area contributed by atoms with Gasteiger partial charge >= 0.3 is 0 Å². The summed E-state index contributed by atoms with van der Waals surface area (Å²) in [4.78, 5) is 17.4. The molecule has 0 radical (unpaired) electrons. The largest absolute Gasteiger partial charge is 0.352 e. The number of nitrogens with zero attached hydrogens (tertiary/aromatic N) is 8. The van der Waals surface area contributed by atoms with Gasteiger partial charge in [-0.3, -0.25) is 4.68 Å². The van der Waals surface area contributed by atoms with Crippen LogP contribution in [0.1, 0.15) is 24.4 Å². The molecule has 4 aromatic rings. The summed E-state index contributed by atoms with van der Waals surface area (Å²) in [6.07, 6.45) is 4.80. The van der Waals surface area contributed by atoms with E-state index in [1.54, 1.807) is 23.3 Å². The summed E-state index contributed by atoms with van der Waals surface area (Å²) < 4.78 is 3.78. The molecular formula is C19H19N9. The summed E-state index contributed by atoms with van der Waals surface area (Å²) >= 11 is 0. The second kappa shape index (κ2) is 7.84. The number of aryl methyl sites for hydroxylation is 1. The Labute approximate surface area is 161 Å². The Hall–Kier alpha value is -3.80. The second-order valence-electron chi connectivity index (χ2n) is 6.16. The number of hydrogen-bond donors (Lipinski definition) is 1. The number of nitrogens with one attached hydrogen (secondary N) is 1. The molecule has 1 N–H and O–H groups in total. The monoisotopic (exact) mass is 373 g/mol. The van der Waals surface area contributed by atoms with E-state index in [-0.39, 0.29) is 0 Å². The van der Waals surface area contributed by atoms with E-state index in [2.05, 4.69) is 36.0 Å². The van der Waals surface area contributed by atoms with Crippen molar-refractivity contribution in [3.8, 4) is 6.07 Å². The molecule has 0 bridgehead atoms. The van der Waals surface area contributed by atoms with Gasteiger partial charge in [-0.2, -0.15) is 10.4 Å². The highest BCUT2D eigenvalue weighted by Gasteiger charge is 2.23. The Bertz CT molecular complexity index is 1110. The molecule has 0 amide bonds. The zero-order chi connectivity index (χ0) is 19.3. The van der Waals surface area contributed by atoms with Crippen LogP contribution in [0.25, 0.3) is 11.0 Å². The number of para-hydroxylation sites is 2. The Morgan fingerprint density at radius 1 is 1.21 bits per heavy atom. The van der Waals surface area contributed by atoms with Crippen LogP contribution in [-0.4, -0.2) is 40.8 Å². The van der Waals surface area contributed by atoms with Gasteiger partial charge in [-0.25, -0.2) is 19.9 Å². The van der Waals surface area contributed by atoms with Gasteiger partial charge in [0, 0.05) is 19.3 Å². The highest BCUT2D eigenvalue weighted by molar-refractivity contribution is 5.76. The van der Waals surface area contributed by atoms with Gasteiger partial charge in [0.25, 0.3) is 0 Å². The maximum absolute atomic E-state index is 9.87. The zero-order valence-corrected chi connectivity index (χ0v) is 15.4. The highest BCUT2D eigenvalue weighted by Crippen LogP contribution is 2.26. The lowest BCUT2D eigenvalue weighted by atomic mass is 10.1. The first-order chi connectivity index (χ1) is 13.8. The van der Waals surface area contributed by atoms with Gasteiger partial charge in [0.2, 0.25) is 5.95 Å². The average Bonchev–Trinajstić information content (AvgIpc) is 3.36. The molecule has 0 aliphatic rings. The summed E-state index contributed by atoms with van der Waals surface area (Å²) in [5, 5.41) is 17.1. The summed E-state index contributed by atoms with van der Waals surface area (Å²) in [6, 6.07) is 12.0. The van der Waals surface area contributed by atoms with Crippen LogP contribution in [0.15, 0.2) is 49.2 Å². The predicted octanol–water partition coefficient (Wildman–Crippen LogP) is 2.21. The fourth-order valence-electron chi connectivity index (χ4n) is 3.15. The highest BCUT2D eigenvalue weighted by atomic mass is 15.3. The normalized spacial score (nSPS) is 12.0. The van der Waals surface area contributed by atoms with Gasteiger partial charge in [-0.15, -0.1) is 0 Å². The number of imidazole rings is 1. The molecule has 3 aromatic heterocycles. The third kappa shape index (κ3) is 3.40. The van der Waals surface area contributed by atoms with E-state index in [0.717, 1.165) is 17.6 Å². The van der Waals surface area contributed by atoms with Crippen molar-refractivity contribution < 1.29 is 0 Å². The Morgan fingerprint density at radius 2 is 2.11 bits per heavy atom. The van der Waals surface area contributed by atoms with Gasteiger partial charge in [0.1, 0.15) is 24.4 Å². The standard InChI is InChI=1S/C19H19N9/c1-2-28-17-6-4-3-5-16(17)25-18(28)14(11-20)15-7-8-22-19(26-15)23-9-10-27-13-21-12-24-27/h3-8,12-14H,2,9-10H2,1H3,(H,22,23,26). The van der Waals surface area contributed by atoms with Crippen LogP contribution in [0, 0.1) is 11.3 Å². The lowest BCUT2D eigenvalue weighted by Gasteiger charge is -2.12. The molecule has 0 fully saturated rings. The first kappa shape index (κ1) is 17.6. The fourth-order valence-corrected chi connectivity index (χ4v) is 3.15. The number of hydrogen-bond acceptors (Lipinski definition) is 7. The van der Waals surface area contributed by atoms with Crippen LogP contribution in [-0.2, 0) is 13.1 Å². The molecule has 9 nitrogen and oxygen atoms in total. The van der Waals surface area contributed by atoms with Crippen molar-refractivity contribution in [2.75, 3.05) is 11.9 Å². The molecule has 140 valence electrons. The van der Waals surface area contributed by atoms with Crippen molar-refractivity contribution in [1.29, 1.82) is 5.26 Å². The molecule has 1 aromatic carbocycles. The minimum absolute atomic E-state index is 0.469. The van der Waals surface area contributed by atoms with Crippen LogP contribution in [0.2, 0.25) is 0 Å². The molecule has 1 unspecified atom stereocenters. The lowest BCUT2D eigenvalue weighted by Crippen LogP contribution is -2.15. The van der Waals surface area contributed by atoms with Gasteiger partial charge < -0.3 is 9.88 Å². The topological polar surface area (TPSA) is 110 Å². The average molecular weight is 373 g/mol. The Kier molecular flexibility index (Phi) is 4.93. The van der Waals surface area contributed by atoms with E-state index in [1.165, 1.54) is 6.33 Å². The van der Waals surface area contributed by atoms with E-state index in [1.807, 2.05) is 31.2 Å². The molecule has 3 heterocycles. The summed E-state index contributed by atoms with van der Waals surface area (Å²) in [7, 11) is 0. The number of benzene rings is 1. The summed E-state index contributed by atoms with van der Waals surface area (Å²) in [6.45, 7) is 4.00. The lowest BCUT2D eigenvalue weighted by molar-refractivity contribution is 0.633. The second-order valence-corrected chi connectivity index (χ2v) is 6.16. The van der Waals surface area contributed by atoms with Crippen molar-refractivity contribution >= 4 is 17.0 Å². The van der Waals surface area contributed by atoms with Gasteiger partial charge in [0.05, 0.1) is 29.3 Å². The SMILES string of the molecule is CCn1c(C(C#N)c2ccnc(NCCn3cncn3)n2)nc2ccccc21. The number of anilines is 1. The van der Waals surface area contributed by atoms with Crippen LogP contribution in [0.3, 0.4) is 0 Å². The Balaban J connectivity index is 1.59. The van der Waals surface area contributed by atoms with Crippen molar-refractivity contribution in [2.24, 2.45) is 0 Å². The first-order valence-corrected chi connectivity index (χ1v) is 9.04. The van der Waals surface area contributed by atoms with Crippen molar-refractivity contribution in [1.82, 2.24) is 34.3 Å². The molecule has 0 saturated carbocycles. The third-order valence-electron chi connectivity index (χ3n) is 4.45. The number of aromatic nitrogens is 7. The molecule has 1 atom stereocenters. The maximum atomic E-state index is 9.87. The number of nitriles is 1. The van der Waals surface area contributed by atoms with Crippen LogP contribution in [0.4, 0.5) is 5.95 Å². The molecule has 0 aliphatic carbocycles. The molecule has 28 heavy (non-hydrogen) atoms. The van der Waals surface area contributed by atoms with Crippen molar-refractivity contribution in [3.63, 3.8) is 0 Å². The maximum Gasteiger partial charge on any atom is 0.222 e.